The van der Waals surface area contributed by atoms with E-state index in [9.17, 15) is 9.18 Å². The van der Waals surface area contributed by atoms with E-state index in [1.54, 1.807) is 30.5 Å². The Kier molecular flexibility index (Phi) is 7.03. The summed E-state index contributed by atoms with van der Waals surface area (Å²) in [6, 6.07) is 7.71. The van der Waals surface area contributed by atoms with Gasteiger partial charge in [0.2, 0.25) is 0 Å². The second-order valence-corrected chi connectivity index (χ2v) is 6.38. The summed E-state index contributed by atoms with van der Waals surface area (Å²) in [5, 5.41) is 3.09. The van der Waals surface area contributed by atoms with Crippen molar-refractivity contribution in [2.75, 3.05) is 19.0 Å². The number of aromatic nitrogens is 2. The molecule has 3 rings (SSSR count). The summed E-state index contributed by atoms with van der Waals surface area (Å²) >= 11 is 5.77. The van der Waals surface area contributed by atoms with E-state index in [1.165, 1.54) is 25.5 Å². The quantitative estimate of drug-likeness (QED) is 0.399. The molecule has 0 spiro atoms. The van der Waals surface area contributed by atoms with E-state index in [0.29, 0.717) is 35.9 Å². The predicted octanol–water partition coefficient (Wildman–Crippen LogP) is 4.94. The second-order valence-electron chi connectivity index (χ2n) is 5.97. The van der Waals surface area contributed by atoms with Crippen LogP contribution in [0.2, 0.25) is 5.02 Å². The SMILES string of the molecule is CCOC=Cc1c(NCc2ccco2)nc(-c2ccc(Cl)c(F)c2)nc1C(=O)OC. The molecule has 1 N–H and O–H groups in total. The van der Waals surface area contributed by atoms with Gasteiger partial charge in [-0.3, -0.25) is 0 Å². The van der Waals surface area contributed by atoms with E-state index >= 15 is 0 Å². The Morgan fingerprint density at radius 3 is 2.83 bits per heavy atom. The number of anilines is 1. The van der Waals surface area contributed by atoms with Crippen LogP contribution in [0.3, 0.4) is 0 Å². The monoisotopic (exact) mass is 431 g/mol. The van der Waals surface area contributed by atoms with Gasteiger partial charge in [0.1, 0.15) is 17.4 Å². The fraction of sp³-hybridized carbons (Fsp3) is 0.190. The van der Waals surface area contributed by atoms with E-state index in [1.807, 2.05) is 6.92 Å². The number of furan rings is 1. The molecule has 0 saturated heterocycles. The van der Waals surface area contributed by atoms with Crippen LogP contribution < -0.4 is 5.32 Å². The van der Waals surface area contributed by atoms with E-state index in [-0.39, 0.29) is 16.5 Å². The molecule has 0 amide bonds. The maximum atomic E-state index is 14.0. The molecule has 0 aliphatic rings. The summed E-state index contributed by atoms with van der Waals surface area (Å²) in [6.07, 6.45) is 4.55. The van der Waals surface area contributed by atoms with Crippen LogP contribution >= 0.6 is 11.6 Å². The third kappa shape index (κ3) is 4.96. The molecule has 0 atom stereocenters. The standard InChI is InChI=1S/C21H19ClFN3O4/c1-3-29-10-8-15-18(21(27)28-2)25-19(13-6-7-16(22)17(23)11-13)26-20(15)24-12-14-5-4-9-30-14/h4-11H,3,12H2,1-2H3,(H,24,25,26). The van der Waals surface area contributed by atoms with Crippen molar-refractivity contribution in [2.24, 2.45) is 0 Å². The van der Waals surface area contributed by atoms with Gasteiger partial charge < -0.3 is 19.2 Å². The van der Waals surface area contributed by atoms with Gasteiger partial charge in [-0.1, -0.05) is 11.6 Å². The highest BCUT2D eigenvalue weighted by molar-refractivity contribution is 6.30. The number of nitrogens with zero attached hydrogens (tertiary/aromatic N) is 2. The molecule has 3 aromatic rings. The highest BCUT2D eigenvalue weighted by atomic mass is 35.5. The van der Waals surface area contributed by atoms with E-state index in [0.717, 1.165) is 0 Å². The van der Waals surface area contributed by atoms with Crippen molar-refractivity contribution < 1.29 is 23.1 Å². The van der Waals surface area contributed by atoms with Gasteiger partial charge in [-0.05, 0) is 43.3 Å². The van der Waals surface area contributed by atoms with Gasteiger partial charge in [-0.2, -0.15) is 0 Å². The molecule has 30 heavy (non-hydrogen) atoms. The van der Waals surface area contributed by atoms with Crippen molar-refractivity contribution in [3.8, 4) is 11.4 Å². The van der Waals surface area contributed by atoms with Crippen molar-refractivity contribution >= 4 is 29.5 Å². The minimum atomic E-state index is -0.676. The molecule has 0 aliphatic heterocycles. The van der Waals surface area contributed by atoms with Crippen LogP contribution in [0.4, 0.5) is 10.2 Å². The zero-order valence-corrected chi connectivity index (χ0v) is 17.1. The number of hydrogen-bond acceptors (Lipinski definition) is 7. The highest BCUT2D eigenvalue weighted by Gasteiger charge is 2.21. The van der Waals surface area contributed by atoms with Crippen molar-refractivity contribution in [1.82, 2.24) is 9.97 Å². The Bertz CT molecular complexity index is 1050. The van der Waals surface area contributed by atoms with Crippen molar-refractivity contribution in [3.05, 3.63) is 70.7 Å². The number of hydrogen-bond donors (Lipinski definition) is 1. The summed E-state index contributed by atoms with van der Waals surface area (Å²) in [7, 11) is 1.25. The van der Waals surface area contributed by atoms with Gasteiger partial charge in [-0.15, -0.1) is 0 Å². The molecule has 0 radical (unpaired) electrons. The summed E-state index contributed by atoms with van der Waals surface area (Å²) in [6.45, 7) is 2.58. The number of carbonyl (C=O) groups excluding carboxylic acids is 1. The molecule has 0 saturated carbocycles. The average Bonchev–Trinajstić information content (AvgIpc) is 3.27. The first-order chi connectivity index (χ1) is 14.5. The number of halogens is 2. The molecule has 2 heterocycles. The Balaban J connectivity index is 2.12. The second kappa shape index (κ2) is 9.89. The van der Waals surface area contributed by atoms with Gasteiger partial charge in [0.25, 0.3) is 0 Å². The number of methoxy groups -OCH3 is 1. The van der Waals surface area contributed by atoms with Crippen LogP contribution in [0.15, 0.2) is 47.3 Å². The van der Waals surface area contributed by atoms with Crippen molar-refractivity contribution in [2.45, 2.75) is 13.5 Å². The fourth-order valence-corrected chi connectivity index (χ4v) is 2.69. The Morgan fingerprint density at radius 1 is 1.33 bits per heavy atom. The van der Waals surface area contributed by atoms with Crippen molar-refractivity contribution in [3.63, 3.8) is 0 Å². The molecule has 0 fully saturated rings. The van der Waals surface area contributed by atoms with E-state index < -0.39 is 11.8 Å². The third-order valence-corrected chi connectivity index (χ3v) is 4.32. The predicted molar refractivity (Wildman–Crippen MR) is 110 cm³/mol. The largest absolute Gasteiger partial charge is 0.501 e. The topological polar surface area (TPSA) is 86.5 Å². The number of esters is 1. The van der Waals surface area contributed by atoms with Crippen LogP contribution in [0.5, 0.6) is 0 Å². The lowest BCUT2D eigenvalue weighted by Gasteiger charge is -2.13. The molecule has 2 aromatic heterocycles. The van der Waals surface area contributed by atoms with Gasteiger partial charge in [0.05, 0.1) is 43.4 Å². The molecule has 0 aliphatic carbocycles. The highest BCUT2D eigenvalue weighted by Crippen LogP contribution is 2.27. The smallest absolute Gasteiger partial charge is 0.357 e. The average molecular weight is 432 g/mol. The molecule has 1 aromatic carbocycles. The maximum Gasteiger partial charge on any atom is 0.357 e. The van der Waals surface area contributed by atoms with Crippen molar-refractivity contribution in [1.29, 1.82) is 0 Å². The fourth-order valence-electron chi connectivity index (χ4n) is 2.58. The molecule has 9 heteroatoms. The van der Waals surface area contributed by atoms with Crippen LogP contribution in [0.25, 0.3) is 17.5 Å². The van der Waals surface area contributed by atoms with E-state index in [2.05, 4.69) is 15.3 Å². The lowest BCUT2D eigenvalue weighted by molar-refractivity contribution is 0.0593. The maximum absolute atomic E-state index is 14.0. The molecule has 156 valence electrons. The first-order valence-electron chi connectivity index (χ1n) is 9.03. The first-order valence-corrected chi connectivity index (χ1v) is 9.41. The van der Waals surface area contributed by atoms with Crippen LogP contribution in [0, 0.1) is 5.82 Å². The zero-order valence-electron chi connectivity index (χ0n) is 16.3. The lowest BCUT2D eigenvalue weighted by atomic mass is 10.1. The molecule has 0 unspecified atom stereocenters. The number of carbonyl (C=O) groups is 1. The number of ether oxygens (including phenoxy) is 2. The molecular weight excluding hydrogens is 413 g/mol. The minimum Gasteiger partial charge on any atom is -0.501 e. The van der Waals surface area contributed by atoms with Crippen LogP contribution in [0.1, 0.15) is 28.7 Å². The first kappa shape index (κ1) is 21.3. The van der Waals surface area contributed by atoms with Gasteiger partial charge in [0, 0.05) is 5.56 Å². The number of nitrogens with one attached hydrogen (secondary N) is 1. The summed E-state index contributed by atoms with van der Waals surface area (Å²) in [4.78, 5) is 21.2. The number of rotatable bonds is 8. The lowest BCUT2D eigenvalue weighted by Crippen LogP contribution is -2.13. The van der Waals surface area contributed by atoms with Gasteiger partial charge >= 0.3 is 5.97 Å². The Labute approximate surface area is 177 Å². The van der Waals surface area contributed by atoms with Crippen LogP contribution in [-0.4, -0.2) is 29.7 Å². The molecule has 0 bridgehead atoms. The van der Waals surface area contributed by atoms with Gasteiger partial charge in [-0.25, -0.2) is 19.2 Å². The summed E-state index contributed by atoms with van der Waals surface area (Å²) in [5.41, 5.74) is 0.708. The van der Waals surface area contributed by atoms with E-state index in [4.69, 9.17) is 25.5 Å². The normalized spacial score (nSPS) is 10.9. The summed E-state index contributed by atoms with van der Waals surface area (Å²) < 4.78 is 29.4. The zero-order chi connectivity index (χ0) is 21.5. The Morgan fingerprint density at radius 2 is 2.17 bits per heavy atom. The number of benzene rings is 1. The molecule has 7 nitrogen and oxygen atoms in total. The molecular formula is C21H19ClFN3O4. The Hall–Kier alpha value is -3.39. The van der Waals surface area contributed by atoms with Gasteiger partial charge in [0.15, 0.2) is 11.5 Å². The summed E-state index contributed by atoms with van der Waals surface area (Å²) in [5.74, 6) is -0.190. The third-order valence-electron chi connectivity index (χ3n) is 4.01. The van der Waals surface area contributed by atoms with Crippen LogP contribution in [-0.2, 0) is 16.0 Å². The minimum absolute atomic E-state index is 0.00393.